The third-order valence-electron chi connectivity index (χ3n) is 4.58. The Bertz CT molecular complexity index is 501. The van der Waals surface area contributed by atoms with Gasteiger partial charge in [0.05, 0.1) is 0 Å². The molecular weight excluding hydrogens is 210 g/mol. The predicted molar refractivity (Wildman–Crippen MR) is 68.7 cm³/mol. The molecule has 0 aromatic carbocycles. The van der Waals surface area contributed by atoms with Crippen LogP contribution in [-0.2, 0) is 4.79 Å². The second-order valence-corrected chi connectivity index (χ2v) is 5.63. The molecule has 0 amide bonds. The molecule has 1 spiro atoms. The summed E-state index contributed by atoms with van der Waals surface area (Å²) < 4.78 is 0. The van der Waals surface area contributed by atoms with Crippen molar-refractivity contribution in [1.82, 2.24) is 5.32 Å². The van der Waals surface area contributed by atoms with E-state index in [1.165, 1.54) is 35.1 Å². The first-order valence-electron chi connectivity index (χ1n) is 6.40. The predicted octanol–water partition coefficient (Wildman–Crippen LogP) is 2.53. The summed E-state index contributed by atoms with van der Waals surface area (Å²) in [6, 6.07) is 0. The van der Waals surface area contributed by atoms with Crippen LogP contribution in [0.25, 0.3) is 0 Å². The zero-order valence-corrected chi connectivity index (χ0v) is 10.8. The van der Waals surface area contributed by atoms with Crippen LogP contribution in [0.1, 0.15) is 33.1 Å². The molecule has 3 aliphatic carbocycles. The molecule has 0 aromatic heterocycles. The molecule has 90 valence electrons. The molecule has 3 rings (SSSR count). The fourth-order valence-corrected chi connectivity index (χ4v) is 3.29. The summed E-state index contributed by atoms with van der Waals surface area (Å²) in [4.78, 5) is 12.2. The summed E-state index contributed by atoms with van der Waals surface area (Å²) in [6.07, 6.45) is 5.23. The Morgan fingerprint density at radius 1 is 1.35 bits per heavy atom. The minimum Gasteiger partial charge on any atom is -0.316 e. The van der Waals surface area contributed by atoms with Crippen LogP contribution in [-0.4, -0.2) is 19.4 Å². The molecule has 3 aliphatic rings. The van der Waals surface area contributed by atoms with Gasteiger partial charge in [-0.1, -0.05) is 5.57 Å². The number of nitrogens with one attached hydrogen (secondary N) is 1. The van der Waals surface area contributed by atoms with E-state index >= 15 is 0 Å². The molecule has 0 unspecified atom stereocenters. The quantitative estimate of drug-likeness (QED) is 0.788. The van der Waals surface area contributed by atoms with Gasteiger partial charge < -0.3 is 5.32 Å². The van der Waals surface area contributed by atoms with E-state index in [-0.39, 0.29) is 5.41 Å². The molecule has 2 nitrogen and oxygen atoms in total. The summed E-state index contributed by atoms with van der Waals surface area (Å²) in [7, 11) is 1.96. The van der Waals surface area contributed by atoms with Crippen LogP contribution >= 0.6 is 0 Å². The molecule has 0 bridgehead atoms. The molecule has 0 heterocycles. The standard InChI is InChI=1S/C15H19NO/c1-9-6-11-13(17)7-15(4-5-15)10(2)14(11)12(9)8-16-3/h6,16H,4-5,7-8H2,1-3H3. The minimum absolute atomic E-state index is 0.243. The normalized spacial score (nSPS) is 25.6. The summed E-state index contributed by atoms with van der Waals surface area (Å²) >= 11 is 0. The Labute approximate surface area is 102 Å². The van der Waals surface area contributed by atoms with E-state index < -0.39 is 0 Å². The van der Waals surface area contributed by atoms with Gasteiger partial charge in [-0.05, 0) is 61.9 Å². The maximum absolute atomic E-state index is 12.2. The number of likely N-dealkylation sites (N-methyl/N-ethyl adjacent to an activating group) is 1. The van der Waals surface area contributed by atoms with E-state index in [0.717, 1.165) is 18.5 Å². The van der Waals surface area contributed by atoms with E-state index in [9.17, 15) is 4.79 Å². The average molecular weight is 229 g/mol. The Hall–Kier alpha value is -1.15. The number of ketones is 1. The number of hydrogen-bond donors (Lipinski definition) is 1. The Morgan fingerprint density at radius 3 is 2.65 bits per heavy atom. The van der Waals surface area contributed by atoms with E-state index in [4.69, 9.17) is 0 Å². The van der Waals surface area contributed by atoms with Gasteiger partial charge in [0.1, 0.15) is 0 Å². The summed E-state index contributed by atoms with van der Waals surface area (Å²) in [5.74, 6) is 0.355. The third kappa shape index (κ3) is 1.40. The van der Waals surface area contributed by atoms with Gasteiger partial charge in [0.15, 0.2) is 5.78 Å². The van der Waals surface area contributed by atoms with Crippen molar-refractivity contribution in [3.63, 3.8) is 0 Å². The maximum atomic E-state index is 12.2. The van der Waals surface area contributed by atoms with Crippen molar-refractivity contribution in [3.05, 3.63) is 33.9 Å². The highest BCUT2D eigenvalue weighted by Gasteiger charge is 2.51. The number of rotatable bonds is 2. The number of Topliss-reactive ketones (excluding diaryl/α,β-unsaturated/α-hetero) is 1. The number of fused-ring (bicyclic) bond motifs is 1. The molecule has 0 aliphatic heterocycles. The van der Waals surface area contributed by atoms with Crippen LogP contribution in [0.15, 0.2) is 33.9 Å². The van der Waals surface area contributed by atoms with Gasteiger partial charge >= 0.3 is 0 Å². The van der Waals surface area contributed by atoms with E-state index in [0.29, 0.717) is 5.78 Å². The molecule has 0 saturated heterocycles. The highest BCUT2D eigenvalue weighted by atomic mass is 16.1. The van der Waals surface area contributed by atoms with Crippen molar-refractivity contribution < 1.29 is 4.79 Å². The van der Waals surface area contributed by atoms with Crippen LogP contribution in [0.4, 0.5) is 0 Å². The molecule has 1 fully saturated rings. The van der Waals surface area contributed by atoms with Gasteiger partial charge in [0.2, 0.25) is 0 Å². The second kappa shape index (κ2) is 3.42. The third-order valence-corrected chi connectivity index (χ3v) is 4.58. The Balaban J connectivity index is 2.14. The number of carbonyl (C=O) groups is 1. The first-order valence-corrected chi connectivity index (χ1v) is 6.40. The summed E-state index contributed by atoms with van der Waals surface area (Å²) in [6.45, 7) is 5.21. The summed E-state index contributed by atoms with van der Waals surface area (Å²) in [5, 5.41) is 3.22. The SMILES string of the molecule is CNCC1=C(C)C=C2C(=O)CC3(CC3)C(C)=C21. The first-order chi connectivity index (χ1) is 8.09. The van der Waals surface area contributed by atoms with Gasteiger partial charge in [-0.15, -0.1) is 0 Å². The van der Waals surface area contributed by atoms with Crippen molar-refractivity contribution in [2.24, 2.45) is 5.41 Å². The highest BCUT2D eigenvalue weighted by Crippen LogP contribution is 2.60. The number of hydrogen-bond acceptors (Lipinski definition) is 2. The van der Waals surface area contributed by atoms with Crippen LogP contribution in [0.5, 0.6) is 0 Å². The molecule has 1 N–H and O–H groups in total. The van der Waals surface area contributed by atoms with E-state index in [2.05, 4.69) is 25.2 Å². The molecule has 0 radical (unpaired) electrons. The van der Waals surface area contributed by atoms with Gasteiger partial charge in [-0.25, -0.2) is 0 Å². The highest BCUT2D eigenvalue weighted by molar-refractivity contribution is 6.05. The second-order valence-electron chi connectivity index (χ2n) is 5.63. The van der Waals surface area contributed by atoms with Crippen molar-refractivity contribution in [2.75, 3.05) is 13.6 Å². The first kappa shape index (κ1) is 11.0. The fourth-order valence-electron chi connectivity index (χ4n) is 3.29. The fraction of sp³-hybridized carbons (Fsp3) is 0.533. The lowest BCUT2D eigenvalue weighted by Gasteiger charge is -2.27. The van der Waals surface area contributed by atoms with E-state index in [1.54, 1.807) is 0 Å². The summed E-state index contributed by atoms with van der Waals surface area (Å²) in [5.41, 5.74) is 6.54. The van der Waals surface area contributed by atoms with E-state index in [1.807, 2.05) is 7.05 Å². The van der Waals surface area contributed by atoms with Crippen molar-refractivity contribution >= 4 is 5.78 Å². The lowest BCUT2D eigenvalue weighted by atomic mass is 9.76. The smallest absolute Gasteiger partial charge is 0.164 e. The molecular formula is C15H19NO. The van der Waals surface area contributed by atoms with Crippen LogP contribution in [0.3, 0.4) is 0 Å². The topological polar surface area (TPSA) is 29.1 Å². The Morgan fingerprint density at radius 2 is 2.06 bits per heavy atom. The lowest BCUT2D eigenvalue weighted by Crippen LogP contribution is -2.23. The lowest BCUT2D eigenvalue weighted by molar-refractivity contribution is -0.116. The van der Waals surface area contributed by atoms with Gasteiger partial charge in [-0.2, -0.15) is 0 Å². The molecule has 17 heavy (non-hydrogen) atoms. The zero-order valence-electron chi connectivity index (χ0n) is 10.8. The van der Waals surface area contributed by atoms with Crippen LogP contribution in [0, 0.1) is 5.41 Å². The number of allylic oxidation sites excluding steroid dienone is 4. The number of carbonyl (C=O) groups excluding carboxylic acids is 1. The van der Waals surface area contributed by atoms with Crippen molar-refractivity contribution in [1.29, 1.82) is 0 Å². The van der Waals surface area contributed by atoms with Crippen molar-refractivity contribution in [3.8, 4) is 0 Å². The molecule has 0 atom stereocenters. The minimum atomic E-state index is 0.243. The largest absolute Gasteiger partial charge is 0.316 e. The molecule has 2 heteroatoms. The van der Waals surface area contributed by atoms with Crippen LogP contribution < -0.4 is 5.32 Å². The van der Waals surface area contributed by atoms with Crippen molar-refractivity contribution in [2.45, 2.75) is 33.1 Å². The molecule has 0 aromatic rings. The monoisotopic (exact) mass is 229 g/mol. The molecule has 1 saturated carbocycles. The van der Waals surface area contributed by atoms with Crippen LogP contribution in [0.2, 0.25) is 0 Å². The van der Waals surface area contributed by atoms with Gasteiger partial charge in [0.25, 0.3) is 0 Å². The average Bonchev–Trinajstić information content (AvgIpc) is 2.98. The van der Waals surface area contributed by atoms with Gasteiger partial charge in [-0.3, -0.25) is 4.79 Å². The van der Waals surface area contributed by atoms with Gasteiger partial charge in [0, 0.05) is 18.5 Å². The zero-order chi connectivity index (χ0) is 12.2. The Kier molecular flexibility index (Phi) is 2.21. The maximum Gasteiger partial charge on any atom is 0.164 e.